The lowest BCUT2D eigenvalue weighted by Gasteiger charge is -1.93. The zero-order valence-electron chi connectivity index (χ0n) is 7.10. The van der Waals surface area contributed by atoms with Crippen molar-refractivity contribution < 1.29 is 4.42 Å². The Morgan fingerprint density at radius 2 is 1.92 bits per heavy atom. The molecule has 0 amide bonds. The highest BCUT2D eigenvalue weighted by molar-refractivity contribution is 5.17. The molecule has 3 nitrogen and oxygen atoms in total. The first-order valence-corrected chi connectivity index (χ1v) is 4.03. The van der Waals surface area contributed by atoms with Gasteiger partial charge in [-0.3, -0.25) is 0 Å². The molecule has 1 radical (unpaired) electrons. The van der Waals surface area contributed by atoms with Crippen LogP contribution < -0.4 is 0 Å². The van der Waals surface area contributed by atoms with Crippen LogP contribution in [-0.4, -0.2) is 10.2 Å². The average Bonchev–Trinajstić information content (AvgIpc) is 2.53. The van der Waals surface area contributed by atoms with Crippen LogP contribution >= 0.6 is 0 Å². The van der Waals surface area contributed by atoms with Crippen molar-refractivity contribution in [2.75, 3.05) is 0 Å². The lowest BCUT2D eigenvalue weighted by atomic mass is 10.2. The molecule has 0 fully saturated rings. The smallest absolute Gasteiger partial charge is 0.220 e. The van der Waals surface area contributed by atoms with Gasteiger partial charge in [0.2, 0.25) is 11.8 Å². The minimum atomic E-state index is 0.367. The standard InChI is InChI=1S/C10H9N2O/c1-8-11-12-10(13-8)7-9-5-3-2-4-6-9/h2-6H,1,7H2. The summed E-state index contributed by atoms with van der Waals surface area (Å²) in [6.07, 6.45) is 0.670. The maximum Gasteiger partial charge on any atom is 0.220 e. The van der Waals surface area contributed by atoms with Gasteiger partial charge in [0.15, 0.2) is 0 Å². The minimum Gasteiger partial charge on any atom is -0.425 e. The van der Waals surface area contributed by atoms with Gasteiger partial charge in [0, 0.05) is 6.92 Å². The summed E-state index contributed by atoms with van der Waals surface area (Å²) in [5.74, 6) is 0.974. The molecule has 0 spiro atoms. The fourth-order valence-corrected chi connectivity index (χ4v) is 1.13. The summed E-state index contributed by atoms with van der Waals surface area (Å²) in [6, 6.07) is 9.98. The number of rotatable bonds is 2. The molecule has 0 aliphatic rings. The van der Waals surface area contributed by atoms with Gasteiger partial charge in [-0.05, 0) is 5.56 Å². The molecular weight excluding hydrogens is 164 g/mol. The molecule has 0 atom stereocenters. The van der Waals surface area contributed by atoms with E-state index in [0.29, 0.717) is 18.2 Å². The highest BCUT2D eigenvalue weighted by atomic mass is 16.4. The first-order valence-electron chi connectivity index (χ1n) is 4.03. The molecule has 1 aromatic heterocycles. The molecule has 0 unspecified atom stereocenters. The van der Waals surface area contributed by atoms with Crippen molar-refractivity contribution in [1.82, 2.24) is 10.2 Å². The Morgan fingerprint density at radius 1 is 1.15 bits per heavy atom. The third kappa shape index (κ3) is 1.93. The van der Waals surface area contributed by atoms with Crippen LogP contribution in [0.2, 0.25) is 0 Å². The summed E-state index contributed by atoms with van der Waals surface area (Å²) in [5.41, 5.74) is 1.16. The number of hydrogen-bond donors (Lipinski definition) is 0. The van der Waals surface area contributed by atoms with Gasteiger partial charge in [-0.1, -0.05) is 30.3 Å². The highest BCUT2D eigenvalue weighted by Gasteiger charge is 2.02. The van der Waals surface area contributed by atoms with Crippen LogP contribution in [-0.2, 0) is 6.42 Å². The Labute approximate surface area is 76.4 Å². The van der Waals surface area contributed by atoms with Gasteiger partial charge in [-0.2, -0.15) is 0 Å². The van der Waals surface area contributed by atoms with Gasteiger partial charge >= 0.3 is 0 Å². The van der Waals surface area contributed by atoms with Crippen molar-refractivity contribution in [2.45, 2.75) is 6.42 Å². The maximum absolute atomic E-state index is 5.15. The monoisotopic (exact) mass is 173 g/mol. The summed E-state index contributed by atoms with van der Waals surface area (Å²) >= 11 is 0. The first kappa shape index (κ1) is 7.98. The van der Waals surface area contributed by atoms with E-state index < -0.39 is 0 Å². The van der Waals surface area contributed by atoms with E-state index in [4.69, 9.17) is 4.42 Å². The molecular formula is C10H9N2O. The third-order valence-electron chi connectivity index (χ3n) is 1.71. The fourth-order valence-electron chi connectivity index (χ4n) is 1.13. The summed E-state index contributed by atoms with van der Waals surface area (Å²) in [7, 11) is 0. The van der Waals surface area contributed by atoms with Gasteiger partial charge in [0.1, 0.15) is 0 Å². The predicted molar refractivity (Wildman–Crippen MR) is 48.0 cm³/mol. The number of hydrogen-bond acceptors (Lipinski definition) is 3. The quantitative estimate of drug-likeness (QED) is 0.695. The van der Waals surface area contributed by atoms with Crippen molar-refractivity contribution in [3.05, 3.63) is 54.6 Å². The van der Waals surface area contributed by atoms with E-state index in [9.17, 15) is 0 Å². The van der Waals surface area contributed by atoms with Crippen molar-refractivity contribution in [3.63, 3.8) is 0 Å². The Balaban J connectivity index is 2.15. The molecule has 0 aliphatic carbocycles. The van der Waals surface area contributed by atoms with Crippen LogP contribution in [0.25, 0.3) is 0 Å². The van der Waals surface area contributed by atoms with Crippen molar-refractivity contribution in [3.8, 4) is 0 Å². The highest BCUT2D eigenvalue weighted by Crippen LogP contribution is 2.07. The topological polar surface area (TPSA) is 38.9 Å². The van der Waals surface area contributed by atoms with E-state index in [1.807, 2.05) is 30.3 Å². The van der Waals surface area contributed by atoms with Crippen molar-refractivity contribution in [1.29, 1.82) is 0 Å². The van der Waals surface area contributed by atoms with Crippen molar-refractivity contribution in [2.24, 2.45) is 0 Å². The van der Waals surface area contributed by atoms with Gasteiger partial charge in [-0.25, -0.2) is 0 Å². The SMILES string of the molecule is [CH2]c1nnc(Cc2ccccc2)o1. The lowest BCUT2D eigenvalue weighted by molar-refractivity contribution is 0.489. The zero-order chi connectivity index (χ0) is 9.10. The molecule has 0 N–H and O–H groups in total. The molecule has 0 bridgehead atoms. The zero-order valence-corrected chi connectivity index (χ0v) is 7.10. The third-order valence-corrected chi connectivity index (χ3v) is 1.71. The lowest BCUT2D eigenvalue weighted by Crippen LogP contribution is -1.87. The Morgan fingerprint density at radius 3 is 2.54 bits per heavy atom. The van der Waals surface area contributed by atoms with E-state index in [2.05, 4.69) is 17.1 Å². The summed E-state index contributed by atoms with van der Waals surface area (Å²) in [6.45, 7) is 3.54. The van der Waals surface area contributed by atoms with Crippen LogP contribution in [0.3, 0.4) is 0 Å². The van der Waals surface area contributed by atoms with Gasteiger partial charge in [-0.15, -0.1) is 10.2 Å². The molecule has 13 heavy (non-hydrogen) atoms. The summed E-state index contributed by atoms with van der Waals surface area (Å²) in [5, 5.41) is 7.52. The number of benzene rings is 1. The number of aromatic nitrogens is 2. The Hall–Kier alpha value is -1.64. The first-order chi connectivity index (χ1) is 6.34. The van der Waals surface area contributed by atoms with Crippen LogP contribution in [0.15, 0.2) is 34.7 Å². The normalized spacial score (nSPS) is 10.2. The maximum atomic E-state index is 5.15. The van der Waals surface area contributed by atoms with Crippen LogP contribution in [0, 0.1) is 6.92 Å². The van der Waals surface area contributed by atoms with Crippen LogP contribution in [0.4, 0.5) is 0 Å². The van der Waals surface area contributed by atoms with Crippen molar-refractivity contribution >= 4 is 0 Å². The molecule has 2 aromatic rings. The summed E-state index contributed by atoms with van der Waals surface area (Å²) in [4.78, 5) is 0. The van der Waals surface area contributed by atoms with Gasteiger partial charge in [0.05, 0.1) is 6.42 Å². The predicted octanol–water partition coefficient (Wildman–Crippen LogP) is 1.84. The molecule has 65 valence electrons. The van der Waals surface area contributed by atoms with E-state index in [1.54, 1.807) is 0 Å². The van der Waals surface area contributed by atoms with E-state index in [0.717, 1.165) is 5.56 Å². The second kappa shape index (κ2) is 3.39. The molecule has 2 rings (SSSR count). The van der Waals surface area contributed by atoms with Crippen LogP contribution in [0.1, 0.15) is 17.3 Å². The second-order valence-electron chi connectivity index (χ2n) is 2.75. The molecule has 3 heteroatoms. The summed E-state index contributed by atoms with van der Waals surface area (Å²) < 4.78 is 5.15. The minimum absolute atomic E-state index is 0.367. The van der Waals surface area contributed by atoms with E-state index in [-0.39, 0.29) is 0 Å². The van der Waals surface area contributed by atoms with E-state index in [1.165, 1.54) is 0 Å². The number of nitrogens with zero attached hydrogens (tertiary/aromatic N) is 2. The molecule has 1 heterocycles. The van der Waals surface area contributed by atoms with Crippen LogP contribution in [0.5, 0.6) is 0 Å². The van der Waals surface area contributed by atoms with Gasteiger partial charge < -0.3 is 4.42 Å². The Bertz CT molecular complexity index is 381. The molecule has 1 aromatic carbocycles. The molecule has 0 saturated carbocycles. The van der Waals surface area contributed by atoms with E-state index >= 15 is 0 Å². The Kier molecular flexibility index (Phi) is 2.08. The second-order valence-corrected chi connectivity index (χ2v) is 2.75. The van der Waals surface area contributed by atoms with Gasteiger partial charge in [0.25, 0.3) is 0 Å². The fraction of sp³-hybridized carbons (Fsp3) is 0.100. The molecule has 0 saturated heterocycles. The molecule has 0 aliphatic heterocycles. The largest absolute Gasteiger partial charge is 0.425 e. The average molecular weight is 173 g/mol.